The second-order valence-electron chi connectivity index (χ2n) is 4.67. The summed E-state index contributed by atoms with van der Waals surface area (Å²) in [5.41, 5.74) is 5.62. The van der Waals surface area contributed by atoms with E-state index in [1.54, 1.807) is 14.1 Å². The van der Waals surface area contributed by atoms with Gasteiger partial charge in [-0.25, -0.2) is 13.4 Å². The van der Waals surface area contributed by atoms with Crippen molar-refractivity contribution < 1.29 is 17.9 Å². The first-order chi connectivity index (χ1) is 9.71. The number of nitrogens with zero attached hydrogens (tertiary/aromatic N) is 4. The van der Waals surface area contributed by atoms with Gasteiger partial charge >= 0.3 is 0 Å². The highest BCUT2D eigenvalue weighted by Gasteiger charge is 2.31. The number of carbonyl (C=O) groups excluding carboxylic acids is 1. The molecule has 0 aliphatic heterocycles. The van der Waals surface area contributed by atoms with E-state index in [4.69, 9.17) is 10.5 Å². The summed E-state index contributed by atoms with van der Waals surface area (Å²) in [5, 5.41) is -0.134. The number of anilines is 1. The highest BCUT2D eigenvalue weighted by molar-refractivity contribution is 7.89. The SMILES string of the molecule is COCCN(CC(=O)N(C)C)S(=O)(=O)c1c(N)ncn1C. The zero-order chi connectivity index (χ0) is 16.2. The molecular weight excluding hydrogens is 298 g/mol. The summed E-state index contributed by atoms with van der Waals surface area (Å²) in [5.74, 6) is -0.437. The van der Waals surface area contributed by atoms with Crippen molar-refractivity contribution >= 4 is 21.7 Å². The number of aromatic nitrogens is 2. The summed E-state index contributed by atoms with van der Waals surface area (Å²) in [7, 11) is 2.16. The van der Waals surface area contributed by atoms with Crippen molar-refractivity contribution in [2.45, 2.75) is 5.03 Å². The molecule has 0 saturated carbocycles. The van der Waals surface area contributed by atoms with Gasteiger partial charge in [0.1, 0.15) is 0 Å². The molecule has 10 heteroatoms. The summed E-state index contributed by atoms with van der Waals surface area (Å²) in [6.45, 7) is -0.0793. The highest BCUT2D eigenvalue weighted by atomic mass is 32.2. The van der Waals surface area contributed by atoms with Crippen LogP contribution in [-0.2, 0) is 26.6 Å². The number of rotatable bonds is 7. The number of aryl methyl sites for hydroxylation is 1. The molecule has 0 aromatic carbocycles. The minimum atomic E-state index is -3.94. The van der Waals surface area contributed by atoms with Crippen molar-refractivity contribution in [3.05, 3.63) is 6.33 Å². The molecule has 0 saturated heterocycles. The fourth-order valence-electron chi connectivity index (χ4n) is 1.64. The Balaban J connectivity index is 3.15. The van der Waals surface area contributed by atoms with E-state index in [0.717, 1.165) is 4.31 Å². The number of imidazole rings is 1. The van der Waals surface area contributed by atoms with E-state index in [9.17, 15) is 13.2 Å². The van der Waals surface area contributed by atoms with Crippen molar-refractivity contribution in [1.29, 1.82) is 0 Å². The van der Waals surface area contributed by atoms with Crippen molar-refractivity contribution in [3.8, 4) is 0 Å². The standard InChI is InChI=1S/C11H21N5O4S/c1-14(2)9(17)7-16(5-6-20-4)21(18,19)11-10(12)13-8-15(11)3/h8H,5-7,12H2,1-4H3. The van der Waals surface area contributed by atoms with E-state index in [-0.39, 0.29) is 36.4 Å². The van der Waals surface area contributed by atoms with Gasteiger partial charge in [-0.2, -0.15) is 4.31 Å². The number of carbonyl (C=O) groups is 1. The maximum absolute atomic E-state index is 12.7. The Kier molecular flexibility index (Phi) is 5.70. The largest absolute Gasteiger partial charge is 0.383 e. The van der Waals surface area contributed by atoms with Crippen molar-refractivity contribution in [2.75, 3.05) is 46.6 Å². The van der Waals surface area contributed by atoms with Gasteiger partial charge in [0.15, 0.2) is 10.8 Å². The van der Waals surface area contributed by atoms with Crippen LogP contribution in [-0.4, -0.2) is 74.0 Å². The zero-order valence-electron chi connectivity index (χ0n) is 12.6. The molecular formula is C11H21N5O4S. The Bertz CT molecular complexity index is 576. The number of nitrogen functional groups attached to an aromatic ring is 1. The number of nitrogens with two attached hydrogens (primary N) is 1. The van der Waals surface area contributed by atoms with Crippen LogP contribution in [0.2, 0.25) is 0 Å². The van der Waals surface area contributed by atoms with Gasteiger partial charge in [0.05, 0.1) is 19.5 Å². The first-order valence-electron chi connectivity index (χ1n) is 6.17. The summed E-state index contributed by atoms with van der Waals surface area (Å²) in [6.07, 6.45) is 1.31. The van der Waals surface area contributed by atoms with E-state index in [1.807, 2.05) is 0 Å². The molecule has 1 amide bonds. The molecule has 21 heavy (non-hydrogen) atoms. The fraction of sp³-hybridized carbons (Fsp3) is 0.636. The molecule has 0 aliphatic carbocycles. The van der Waals surface area contributed by atoms with E-state index in [0.29, 0.717) is 0 Å². The van der Waals surface area contributed by atoms with Gasteiger partial charge in [0.2, 0.25) is 5.91 Å². The molecule has 1 aromatic heterocycles. The lowest BCUT2D eigenvalue weighted by Gasteiger charge is -2.23. The predicted octanol–water partition coefficient (Wildman–Crippen LogP) is -1.27. The smallest absolute Gasteiger partial charge is 0.263 e. The molecule has 9 nitrogen and oxygen atoms in total. The van der Waals surface area contributed by atoms with Crippen molar-refractivity contribution in [3.63, 3.8) is 0 Å². The summed E-state index contributed by atoms with van der Waals surface area (Å²) in [4.78, 5) is 16.9. The molecule has 120 valence electrons. The lowest BCUT2D eigenvalue weighted by Crippen LogP contribution is -2.42. The summed E-state index contributed by atoms with van der Waals surface area (Å²) >= 11 is 0. The van der Waals surface area contributed by atoms with Gasteiger partial charge in [0, 0.05) is 34.8 Å². The maximum Gasteiger partial charge on any atom is 0.263 e. The number of likely N-dealkylation sites (N-methyl/N-ethyl adjacent to an activating group) is 1. The summed E-state index contributed by atoms with van der Waals surface area (Å²) in [6, 6.07) is 0. The molecule has 0 atom stereocenters. The van der Waals surface area contributed by atoms with Crippen LogP contribution in [0.1, 0.15) is 0 Å². The lowest BCUT2D eigenvalue weighted by molar-refractivity contribution is -0.128. The molecule has 0 radical (unpaired) electrons. The topological polar surface area (TPSA) is 111 Å². The molecule has 1 rings (SSSR count). The Morgan fingerprint density at radius 2 is 2.10 bits per heavy atom. The van der Waals surface area contributed by atoms with Crippen LogP contribution >= 0.6 is 0 Å². The number of ether oxygens (including phenoxy) is 1. The predicted molar refractivity (Wildman–Crippen MR) is 76.9 cm³/mol. The zero-order valence-corrected chi connectivity index (χ0v) is 13.4. The monoisotopic (exact) mass is 319 g/mol. The minimum absolute atomic E-state index is 0.0447. The van der Waals surface area contributed by atoms with Crippen LogP contribution in [0.3, 0.4) is 0 Å². The number of amides is 1. The molecule has 0 fully saturated rings. The van der Waals surface area contributed by atoms with E-state index >= 15 is 0 Å². The van der Waals surface area contributed by atoms with Gasteiger partial charge in [-0.05, 0) is 0 Å². The minimum Gasteiger partial charge on any atom is -0.383 e. The Hall–Kier alpha value is -1.65. The molecule has 0 spiro atoms. The van der Waals surface area contributed by atoms with Crippen molar-refractivity contribution in [1.82, 2.24) is 18.8 Å². The third-order valence-corrected chi connectivity index (χ3v) is 4.83. The van der Waals surface area contributed by atoms with Crippen LogP contribution in [0.5, 0.6) is 0 Å². The van der Waals surface area contributed by atoms with E-state index in [2.05, 4.69) is 4.98 Å². The second-order valence-corrected chi connectivity index (χ2v) is 6.52. The van der Waals surface area contributed by atoms with Crippen LogP contribution < -0.4 is 5.73 Å². The second kappa shape index (κ2) is 6.87. The average Bonchev–Trinajstić information content (AvgIpc) is 2.73. The Labute approximate surface area is 124 Å². The normalized spacial score (nSPS) is 11.9. The van der Waals surface area contributed by atoms with E-state index in [1.165, 1.54) is 30.0 Å². The number of hydrogen-bond acceptors (Lipinski definition) is 6. The number of sulfonamides is 1. The van der Waals surface area contributed by atoms with Gasteiger partial charge in [-0.1, -0.05) is 0 Å². The maximum atomic E-state index is 12.7. The van der Waals surface area contributed by atoms with Gasteiger partial charge < -0.3 is 19.9 Å². The Morgan fingerprint density at radius 3 is 2.52 bits per heavy atom. The van der Waals surface area contributed by atoms with E-state index < -0.39 is 10.0 Å². The highest BCUT2D eigenvalue weighted by Crippen LogP contribution is 2.20. The third-order valence-electron chi connectivity index (χ3n) is 2.85. The molecule has 0 unspecified atom stereocenters. The van der Waals surface area contributed by atoms with Crippen LogP contribution in [0, 0.1) is 0 Å². The molecule has 2 N–H and O–H groups in total. The average molecular weight is 319 g/mol. The first-order valence-corrected chi connectivity index (χ1v) is 7.61. The number of methoxy groups -OCH3 is 1. The quantitative estimate of drug-likeness (QED) is 0.671. The van der Waals surface area contributed by atoms with Crippen LogP contribution in [0.4, 0.5) is 5.82 Å². The third kappa shape index (κ3) is 3.93. The lowest BCUT2D eigenvalue weighted by atomic mass is 10.5. The molecule has 0 bridgehead atoms. The first kappa shape index (κ1) is 17.4. The van der Waals surface area contributed by atoms with Gasteiger partial charge in [-0.3, -0.25) is 4.79 Å². The molecule has 1 aromatic rings. The molecule has 1 heterocycles. The van der Waals surface area contributed by atoms with Gasteiger partial charge in [-0.15, -0.1) is 0 Å². The molecule has 0 aliphatic rings. The Morgan fingerprint density at radius 1 is 1.48 bits per heavy atom. The number of hydrogen-bond donors (Lipinski definition) is 1. The summed E-state index contributed by atoms with van der Waals surface area (Å²) < 4.78 is 32.6. The fourth-order valence-corrected chi connectivity index (χ4v) is 3.21. The van der Waals surface area contributed by atoms with Crippen LogP contribution in [0.15, 0.2) is 11.4 Å². The van der Waals surface area contributed by atoms with Gasteiger partial charge in [0.25, 0.3) is 10.0 Å². The van der Waals surface area contributed by atoms with Crippen molar-refractivity contribution in [2.24, 2.45) is 7.05 Å². The van der Waals surface area contributed by atoms with Crippen LogP contribution in [0.25, 0.3) is 0 Å².